The van der Waals surface area contributed by atoms with Crippen LogP contribution in [0.15, 0.2) is 60.0 Å². The molecule has 0 N–H and O–H groups in total. The molecule has 0 amide bonds. The SMILES string of the molecule is COC(=O)C1=CO[C@@H](OC)[C@@H]2C(Cn3cc(COCCc4ccccc4)nn3)=CC[C@H]12. The molecule has 0 bridgehead atoms. The smallest absolute Gasteiger partial charge is 0.337 e. The molecule has 0 saturated heterocycles. The summed E-state index contributed by atoms with van der Waals surface area (Å²) in [7, 11) is 2.98. The molecule has 2 heterocycles. The van der Waals surface area contributed by atoms with Crippen LogP contribution in [-0.4, -0.2) is 48.1 Å². The number of ether oxygens (including phenoxy) is 4. The van der Waals surface area contributed by atoms with E-state index in [1.165, 1.54) is 18.9 Å². The normalized spacial score (nSPS) is 22.3. The molecular weight excluding hydrogens is 398 g/mol. The van der Waals surface area contributed by atoms with Gasteiger partial charge < -0.3 is 18.9 Å². The highest BCUT2D eigenvalue weighted by atomic mass is 16.7. The first-order valence-corrected chi connectivity index (χ1v) is 10.4. The zero-order valence-electron chi connectivity index (χ0n) is 17.8. The Labute approximate surface area is 181 Å². The topological polar surface area (TPSA) is 84.7 Å². The van der Waals surface area contributed by atoms with E-state index in [-0.39, 0.29) is 17.8 Å². The van der Waals surface area contributed by atoms with Crippen LogP contribution in [0.3, 0.4) is 0 Å². The van der Waals surface area contributed by atoms with Crippen molar-refractivity contribution >= 4 is 5.97 Å². The highest BCUT2D eigenvalue weighted by Crippen LogP contribution is 2.44. The third-order valence-corrected chi connectivity index (χ3v) is 5.73. The fourth-order valence-electron chi connectivity index (χ4n) is 4.19. The van der Waals surface area contributed by atoms with Crippen molar-refractivity contribution in [2.75, 3.05) is 20.8 Å². The molecule has 2 aromatic rings. The lowest BCUT2D eigenvalue weighted by Gasteiger charge is -2.34. The van der Waals surface area contributed by atoms with Gasteiger partial charge >= 0.3 is 5.97 Å². The van der Waals surface area contributed by atoms with Crippen LogP contribution in [0, 0.1) is 11.8 Å². The average molecular weight is 425 g/mol. The van der Waals surface area contributed by atoms with Gasteiger partial charge in [-0.3, -0.25) is 0 Å². The Balaban J connectivity index is 1.33. The van der Waals surface area contributed by atoms with Crippen molar-refractivity contribution in [2.45, 2.75) is 32.3 Å². The maximum Gasteiger partial charge on any atom is 0.337 e. The Morgan fingerprint density at radius 2 is 2.10 bits per heavy atom. The molecule has 0 saturated carbocycles. The van der Waals surface area contributed by atoms with Crippen LogP contribution in [0.25, 0.3) is 0 Å². The highest BCUT2D eigenvalue weighted by Gasteiger charge is 2.44. The number of esters is 1. The molecule has 8 nitrogen and oxygen atoms in total. The molecule has 0 radical (unpaired) electrons. The van der Waals surface area contributed by atoms with E-state index < -0.39 is 6.29 Å². The largest absolute Gasteiger partial charge is 0.471 e. The first kappa shape index (κ1) is 21.3. The number of methoxy groups -OCH3 is 2. The molecule has 1 aliphatic carbocycles. The molecule has 0 fully saturated rings. The van der Waals surface area contributed by atoms with Gasteiger partial charge in [-0.25, -0.2) is 9.48 Å². The van der Waals surface area contributed by atoms with Crippen molar-refractivity contribution in [2.24, 2.45) is 11.8 Å². The minimum Gasteiger partial charge on any atom is -0.471 e. The second-order valence-corrected chi connectivity index (χ2v) is 7.65. The van der Waals surface area contributed by atoms with Crippen LogP contribution in [0.2, 0.25) is 0 Å². The zero-order chi connectivity index (χ0) is 21.6. The summed E-state index contributed by atoms with van der Waals surface area (Å²) in [5.74, 6) is -0.459. The summed E-state index contributed by atoms with van der Waals surface area (Å²) < 4.78 is 23.6. The number of rotatable bonds is 9. The molecule has 4 rings (SSSR count). The number of nitrogens with zero attached hydrogens (tertiary/aromatic N) is 3. The van der Waals surface area contributed by atoms with E-state index in [9.17, 15) is 4.79 Å². The van der Waals surface area contributed by atoms with E-state index in [2.05, 4.69) is 28.5 Å². The van der Waals surface area contributed by atoms with Crippen molar-refractivity contribution in [3.63, 3.8) is 0 Å². The van der Waals surface area contributed by atoms with Gasteiger partial charge in [-0.05, 0) is 24.0 Å². The van der Waals surface area contributed by atoms with Crippen LogP contribution in [0.5, 0.6) is 0 Å². The molecule has 2 aliphatic rings. The van der Waals surface area contributed by atoms with Gasteiger partial charge in [-0.1, -0.05) is 41.6 Å². The minimum absolute atomic E-state index is 0.0227. The van der Waals surface area contributed by atoms with E-state index >= 15 is 0 Å². The van der Waals surface area contributed by atoms with E-state index in [0.717, 1.165) is 24.1 Å². The second-order valence-electron chi connectivity index (χ2n) is 7.65. The molecule has 0 spiro atoms. The van der Waals surface area contributed by atoms with E-state index in [1.54, 1.807) is 11.8 Å². The first-order chi connectivity index (χ1) is 15.2. The van der Waals surface area contributed by atoms with Crippen molar-refractivity contribution in [1.82, 2.24) is 15.0 Å². The van der Waals surface area contributed by atoms with Gasteiger partial charge in [0.05, 0.1) is 50.8 Å². The Kier molecular flexibility index (Phi) is 6.79. The van der Waals surface area contributed by atoms with Crippen molar-refractivity contribution in [3.8, 4) is 0 Å². The fourth-order valence-corrected chi connectivity index (χ4v) is 4.19. The fraction of sp³-hybridized carbons (Fsp3) is 0.435. The molecule has 31 heavy (non-hydrogen) atoms. The number of allylic oxidation sites excluding steroid dienone is 1. The monoisotopic (exact) mass is 425 g/mol. The summed E-state index contributed by atoms with van der Waals surface area (Å²) in [5.41, 5.74) is 3.67. The number of carbonyl (C=O) groups excluding carboxylic acids is 1. The quantitative estimate of drug-likeness (QED) is 0.347. The van der Waals surface area contributed by atoms with Gasteiger partial charge in [-0.2, -0.15) is 0 Å². The van der Waals surface area contributed by atoms with Gasteiger partial charge in [0.15, 0.2) is 0 Å². The minimum atomic E-state index is -0.448. The summed E-state index contributed by atoms with van der Waals surface area (Å²) in [5, 5.41) is 8.45. The lowest BCUT2D eigenvalue weighted by molar-refractivity contribution is -0.146. The third-order valence-electron chi connectivity index (χ3n) is 5.73. The van der Waals surface area contributed by atoms with Crippen LogP contribution < -0.4 is 0 Å². The van der Waals surface area contributed by atoms with Gasteiger partial charge in [0.25, 0.3) is 0 Å². The predicted octanol–water partition coefficient (Wildman–Crippen LogP) is 2.66. The molecule has 1 aromatic heterocycles. The second kappa shape index (κ2) is 9.89. The number of hydrogen-bond donors (Lipinski definition) is 0. The summed E-state index contributed by atoms with van der Waals surface area (Å²) in [6.07, 6.45) is 6.63. The average Bonchev–Trinajstić information content (AvgIpc) is 3.44. The number of aromatic nitrogens is 3. The molecular formula is C23H27N3O5. The number of hydrogen-bond acceptors (Lipinski definition) is 7. The zero-order valence-corrected chi connectivity index (χ0v) is 17.8. The summed E-state index contributed by atoms with van der Waals surface area (Å²) in [6.45, 7) is 1.59. The predicted molar refractivity (Wildman–Crippen MR) is 111 cm³/mol. The van der Waals surface area contributed by atoms with E-state index in [0.29, 0.717) is 25.3 Å². The van der Waals surface area contributed by atoms with Gasteiger partial charge in [0, 0.05) is 13.0 Å². The maximum atomic E-state index is 12.1. The third kappa shape index (κ3) is 4.86. The molecule has 164 valence electrons. The van der Waals surface area contributed by atoms with Crippen molar-refractivity contribution < 1.29 is 23.7 Å². The van der Waals surface area contributed by atoms with Crippen LogP contribution >= 0.6 is 0 Å². The Morgan fingerprint density at radius 1 is 1.26 bits per heavy atom. The standard InChI is InChI=1S/C23H27N3O5/c1-28-22(27)20-15-31-23(29-2)21-17(8-9-19(20)21)12-26-13-18(24-25-26)14-30-11-10-16-6-4-3-5-7-16/h3-8,13,15,19,21,23H,9-12,14H2,1-2H3/t19-,21-,23-/m1/s1. The van der Waals surface area contributed by atoms with Crippen LogP contribution in [-0.2, 0) is 43.3 Å². The number of carbonyl (C=O) groups is 1. The highest BCUT2D eigenvalue weighted by molar-refractivity contribution is 5.89. The Bertz CT molecular complexity index is 953. The Morgan fingerprint density at radius 3 is 2.87 bits per heavy atom. The summed E-state index contributed by atoms with van der Waals surface area (Å²) in [6, 6.07) is 10.2. The van der Waals surface area contributed by atoms with E-state index in [1.807, 2.05) is 24.4 Å². The van der Waals surface area contributed by atoms with Crippen LogP contribution in [0.1, 0.15) is 17.7 Å². The molecule has 1 aliphatic heterocycles. The molecule has 0 unspecified atom stereocenters. The van der Waals surface area contributed by atoms with Gasteiger partial charge in [-0.15, -0.1) is 5.10 Å². The van der Waals surface area contributed by atoms with Gasteiger partial charge in [0.2, 0.25) is 6.29 Å². The Hall–Kier alpha value is -2.97. The maximum absolute atomic E-state index is 12.1. The van der Waals surface area contributed by atoms with E-state index in [4.69, 9.17) is 18.9 Å². The van der Waals surface area contributed by atoms with Crippen molar-refractivity contribution in [3.05, 3.63) is 71.3 Å². The summed E-state index contributed by atoms with van der Waals surface area (Å²) in [4.78, 5) is 12.1. The van der Waals surface area contributed by atoms with Gasteiger partial charge in [0.1, 0.15) is 5.69 Å². The van der Waals surface area contributed by atoms with Crippen molar-refractivity contribution in [1.29, 1.82) is 0 Å². The lowest BCUT2D eigenvalue weighted by Crippen LogP contribution is -2.37. The number of benzene rings is 1. The lowest BCUT2D eigenvalue weighted by atomic mass is 9.83. The molecule has 1 aromatic carbocycles. The van der Waals surface area contributed by atoms with Crippen LogP contribution in [0.4, 0.5) is 0 Å². The first-order valence-electron chi connectivity index (χ1n) is 10.4. The molecule has 8 heteroatoms. The summed E-state index contributed by atoms with van der Waals surface area (Å²) >= 11 is 0. The molecule has 3 atom stereocenters. The number of fused-ring (bicyclic) bond motifs is 1.